The van der Waals surface area contributed by atoms with E-state index in [1.165, 1.54) is 10.9 Å². The van der Waals surface area contributed by atoms with E-state index in [0.717, 1.165) is 17.7 Å². The zero-order chi connectivity index (χ0) is 13.8. The van der Waals surface area contributed by atoms with Gasteiger partial charge in [-0.15, -0.1) is 0 Å². The minimum atomic E-state index is 0.642. The normalized spacial score (nSPS) is 13.9. The molecule has 2 aromatic carbocycles. The SMILES string of the molecule is CCOc1ccc(CNC2=NCCO2)c2ccccc12. The van der Waals surface area contributed by atoms with Crippen LogP contribution < -0.4 is 10.1 Å². The number of ether oxygens (including phenoxy) is 2. The molecular formula is C16H18N2O2. The Morgan fingerprint density at radius 2 is 2.05 bits per heavy atom. The van der Waals surface area contributed by atoms with Gasteiger partial charge in [0.05, 0.1) is 13.2 Å². The van der Waals surface area contributed by atoms with Crippen LogP contribution in [0.3, 0.4) is 0 Å². The van der Waals surface area contributed by atoms with Gasteiger partial charge >= 0.3 is 0 Å². The highest BCUT2D eigenvalue weighted by molar-refractivity contribution is 5.91. The zero-order valence-corrected chi connectivity index (χ0v) is 11.6. The van der Waals surface area contributed by atoms with E-state index in [2.05, 4.69) is 28.5 Å². The molecule has 0 aliphatic carbocycles. The number of hydrogen-bond acceptors (Lipinski definition) is 4. The van der Waals surface area contributed by atoms with Gasteiger partial charge in [0.25, 0.3) is 6.02 Å². The van der Waals surface area contributed by atoms with Gasteiger partial charge in [0.15, 0.2) is 0 Å². The number of nitrogens with one attached hydrogen (secondary N) is 1. The van der Waals surface area contributed by atoms with Crippen LogP contribution in [0.5, 0.6) is 5.75 Å². The highest BCUT2D eigenvalue weighted by Gasteiger charge is 2.09. The Bertz CT molecular complexity index is 637. The van der Waals surface area contributed by atoms with E-state index in [-0.39, 0.29) is 0 Å². The summed E-state index contributed by atoms with van der Waals surface area (Å²) in [6.07, 6.45) is 0. The van der Waals surface area contributed by atoms with Crippen LogP contribution in [-0.2, 0) is 11.3 Å². The van der Waals surface area contributed by atoms with Gasteiger partial charge in [0.1, 0.15) is 12.4 Å². The van der Waals surface area contributed by atoms with Crippen LogP contribution in [0.15, 0.2) is 41.4 Å². The molecule has 3 rings (SSSR count). The molecule has 1 heterocycles. The molecule has 0 spiro atoms. The third kappa shape index (κ3) is 2.54. The van der Waals surface area contributed by atoms with Crippen molar-refractivity contribution >= 4 is 16.8 Å². The highest BCUT2D eigenvalue weighted by atomic mass is 16.5. The Labute approximate surface area is 118 Å². The molecule has 1 aliphatic heterocycles. The minimum absolute atomic E-state index is 0.642. The van der Waals surface area contributed by atoms with Crippen LogP contribution >= 0.6 is 0 Å². The monoisotopic (exact) mass is 270 g/mol. The van der Waals surface area contributed by atoms with Crippen molar-refractivity contribution in [2.75, 3.05) is 19.8 Å². The molecule has 1 aliphatic rings. The lowest BCUT2D eigenvalue weighted by Crippen LogP contribution is -2.23. The second-order valence-electron chi connectivity index (χ2n) is 4.59. The maximum Gasteiger partial charge on any atom is 0.285 e. The van der Waals surface area contributed by atoms with E-state index < -0.39 is 0 Å². The second-order valence-corrected chi connectivity index (χ2v) is 4.59. The number of nitrogens with zero attached hydrogens (tertiary/aromatic N) is 1. The fourth-order valence-corrected chi connectivity index (χ4v) is 2.38. The van der Waals surface area contributed by atoms with Gasteiger partial charge < -0.3 is 14.8 Å². The Morgan fingerprint density at radius 1 is 1.20 bits per heavy atom. The molecule has 0 saturated carbocycles. The molecule has 0 fully saturated rings. The maximum absolute atomic E-state index is 5.68. The average molecular weight is 270 g/mol. The molecule has 0 unspecified atom stereocenters. The smallest absolute Gasteiger partial charge is 0.285 e. The first-order valence-corrected chi connectivity index (χ1v) is 6.93. The van der Waals surface area contributed by atoms with Crippen molar-refractivity contribution in [2.24, 2.45) is 4.99 Å². The van der Waals surface area contributed by atoms with Crippen molar-refractivity contribution in [2.45, 2.75) is 13.5 Å². The average Bonchev–Trinajstić information content (AvgIpc) is 3.00. The summed E-state index contributed by atoms with van der Waals surface area (Å²) in [6.45, 7) is 4.79. The number of amidine groups is 1. The van der Waals surface area contributed by atoms with Crippen LogP contribution in [-0.4, -0.2) is 25.8 Å². The molecular weight excluding hydrogens is 252 g/mol. The van der Waals surface area contributed by atoms with Crippen molar-refractivity contribution < 1.29 is 9.47 Å². The standard InChI is InChI=1S/C16H18N2O2/c1-2-19-15-8-7-12(11-18-16-17-9-10-20-16)13-5-3-4-6-14(13)15/h3-8H,2,9-11H2,1H3,(H,17,18). The molecule has 0 aromatic heterocycles. The van der Waals surface area contributed by atoms with Crippen molar-refractivity contribution in [3.8, 4) is 5.75 Å². The lowest BCUT2D eigenvalue weighted by molar-refractivity contribution is 0.331. The van der Waals surface area contributed by atoms with Gasteiger partial charge in [0, 0.05) is 11.9 Å². The Morgan fingerprint density at radius 3 is 2.80 bits per heavy atom. The van der Waals surface area contributed by atoms with Crippen LogP contribution in [0, 0.1) is 0 Å². The number of benzene rings is 2. The fourth-order valence-electron chi connectivity index (χ4n) is 2.38. The summed E-state index contributed by atoms with van der Waals surface area (Å²) in [6, 6.07) is 13.1. The van der Waals surface area contributed by atoms with Gasteiger partial charge in [-0.3, -0.25) is 0 Å². The van der Waals surface area contributed by atoms with Crippen LogP contribution in [0.2, 0.25) is 0 Å². The molecule has 0 amide bonds. The molecule has 4 heteroatoms. The van der Waals surface area contributed by atoms with Gasteiger partial charge in [-0.2, -0.15) is 0 Å². The van der Waals surface area contributed by atoms with E-state index in [0.29, 0.717) is 25.8 Å². The van der Waals surface area contributed by atoms with Gasteiger partial charge in [-0.05, 0) is 23.9 Å². The van der Waals surface area contributed by atoms with E-state index in [4.69, 9.17) is 9.47 Å². The number of aliphatic imine (C=N–C) groups is 1. The van der Waals surface area contributed by atoms with E-state index in [9.17, 15) is 0 Å². The summed E-state index contributed by atoms with van der Waals surface area (Å²) >= 11 is 0. The Hall–Kier alpha value is -2.23. The molecule has 0 atom stereocenters. The molecule has 20 heavy (non-hydrogen) atoms. The molecule has 2 aromatic rings. The van der Waals surface area contributed by atoms with E-state index >= 15 is 0 Å². The van der Waals surface area contributed by atoms with Crippen LogP contribution in [0.1, 0.15) is 12.5 Å². The van der Waals surface area contributed by atoms with Gasteiger partial charge in [0.2, 0.25) is 0 Å². The molecule has 0 saturated heterocycles. The molecule has 104 valence electrons. The first kappa shape index (κ1) is 12.8. The zero-order valence-electron chi connectivity index (χ0n) is 11.6. The molecule has 1 N–H and O–H groups in total. The van der Waals surface area contributed by atoms with Crippen molar-refractivity contribution in [3.05, 3.63) is 42.0 Å². The van der Waals surface area contributed by atoms with Crippen LogP contribution in [0.4, 0.5) is 0 Å². The third-order valence-corrected chi connectivity index (χ3v) is 3.29. The quantitative estimate of drug-likeness (QED) is 0.929. The summed E-state index contributed by atoms with van der Waals surface area (Å²) in [5.74, 6) is 0.932. The molecule has 0 radical (unpaired) electrons. The van der Waals surface area contributed by atoms with Gasteiger partial charge in [-0.25, -0.2) is 4.99 Å². The van der Waals surface area contributed by atoms with Crippen molar-refractivity contribution in [3.63, 3.8) is 0 Å². The topological polar surface area (TPSA) is 42.8 Å². The summed E-state index contributed by atoms with van der Waals surface area (Å²) in [4.78, 5) is 4.24. The first-order chi connectivity index (χ1) is 9.88. The van der Waals surface area contributed by atoms with E-state index in [1.54, 1.807) is 0 Å². The molecule has 0 bridgehead atoms. The predicted octanol–water partition coefficient (Wildman–Crippen LogP) is 2.71. The number of hydrogen-bond donors (Lipinski definition) is 1. The number of fused-ring (bicyclic) bond motifs is 1. The van der Waals surface area contributed by atoms with Crippen molar-refractivity contribution in [1.29, 1.82) is 0 Å². The Kier molecular flexibility index (Phi) is 3.72. The van der Waals surface area contributed by atoms with Crippen molar-refractivity contribution in [1.82, 2.24) is 5.32 Å². The van der Waals surface area contributed by atoms with E-state index in [1.807, 2.05) is 25.1 Å². The molecule has 4 nitrogen and oxygen atoms in total. The summed E-state index contributed by atoms with van der Waals surface area (Å²) in [5, 5.41) is 5.57. The lowest BCUT2D eigenvalue weighted by Gasteiger charge is -2.12. The number of rotatable bonds is 4. The lowest BCUT2D eigenvalue weighted by atomic mass is 10.0. The van der Waals surface area contributed by atoms with Crippen LogP contribution in [0.25, 0.3) is 10.8 Å². The predicted molar refractivity (Wildman–Crippen MR) is 80.2 cm³/mol. The summed E-state index contributed by atoms with van der Waals surface area (Å²) < 4.78 is 11.0. The largest absolute Gasteiger partial charge is 0.493 e. The maximum atomic E-state index is 5.68. The highest BCUT2D eigenvalue weighted by Crippen LogP contribution is 2.28. The third-order valence-electron chi connectivity index (χ3n) is 3.29. The Balaban J connectivity index is 1.89. The summed E-state index contributed by atoms with van der Waals surface area (Å²) in [5.41, 5.74) is 1.21. The first-order valence-electron chi connectivity index (χ1n) is 6.93. The minimum Gasteiger partial charge on any atom is -0.493 e. The summed E-state index contributed by atoms with van der Waals surface area (Å²) in [7, 11) is 0. The van der Waals surface area contributed by atoms with Gasteiger partial charge in [-0.1, -0.05) is 30.3 Å². The second kappa shape index (κ2) is 5.82. The fraction of sp³-hybridized carbons (Fsp3) is 0.312.